The second-order valence-electron chi connectivity index (χ2n) is 4.48. The zero-order valence-electron chi connectivity index (χ0n) is 9.72. The van der Waals surface area contributed by atoms with Crippen molar-refractivity contribution in [3.05, 3.63) is 23.5 Å². The van der Waals surface area contributed by atoms with Gasteiger partial charge in [0.15, 0.2) is 0 Å². The molecular formula is C12H19NO. The van der Waals surface area contributed by atoms with Gasteiger partial charge in [-0.2, -0.15) is 0 Å². The first-order valence-corrected chi connectivity index (χ1v) is 5.02. The van der Waals surface area contributed by atoms with Gasteiger partial charge in [-0.1, -0.05) is 27.7 Å². The predicted molar refractivity (Wildman–Crippen MR) is 58.9 cm³/mol. The van der Waals surface area contributed by atoms with Gasteiger partial charge in [0.05, 0.1) is 13.3 Å². The summed E-state index contributed by atoms with van der Waals surface area (Å²) in [5, 5.41) is 0. The number of nitrogens with zero attached hydrogens (tertiary/aromatic N) is 1. The van der Waals surface area contributed by atoms with Crippen LogP contribution in [0.3, 0.4) is 0 Å². The number of pyridine rings is 1. The van der Waals surface area contributed by atoms with Crippen molar-refractivity contribution in [2.24, 2.45) is 0 Å². The van der Waals surface area contributed by atoms with Crippen molar-refractivity contribution in [2.75, 3.05) is 7.11 Å². The summed E-state index contributed by atoms with van der Waals surface area (Å²) in [6.45, 7) is 8.63. The molecule has 0 fully saturated rings. The number of rotatable bonds is 2. The van der Waals surface area contributed by atoms with E-state index in [1.165, 1.54) is 5.56 Å². The third-order valence-corrected chi connectivity index (χ3v) is 2.32. The van der Waals surface area contributed by atoms with Crippen LogP contribution < -0.4 is 4.74 Å². The molecule has 0 amide bonds. The average Bonchev–Trinajstić information content (AvgIpc) is 2.15. The standard InChI is InChI=1S/C12H19NO/c1-6-9-7-11(12(2,3)4)13-8-10(9)14-5/h7-8H,6H2,1-5H3. The lowest BCUT2D eigenvalue weighted by Gasteiger charge is -2.19. The predicted octanol–water partition coefficient (Wildman–Crippen LogP) is 2.95. The normalized spacial score (nSPS) is 11.5. The Morgan fingerprint density at radius 3 is 2.43 bits per heavy atom. The van der Waals surface area contributed by atoms with Gasteiger partial charge in [0.25, 0.3) is 0 Å². The lowest BCUT2D eigenvalue weighted by Crippen LogP contribution is -2.14. The lowest BCUT2D eigenvalue weighted by atomic mass is 9.90. The van der Waals surface area contributed by atoms with Gasteiger partial charge in [-0.15, -0.1) is 0 Å². The van der Waals surface area contributed by atoms with Crippen LogP contribution in [0.4, 0.5) is 0 Å². The Kier molecular flexibility index (Phi) is 3.14. The summed E-state index contributed by atoms with van der Waals surface area (Å²) in [5.74, 6) is 0.889. The van der Waals surface area contributed by atoms with E-state index in [-0.39, 0.29) is 5.41 Å². The number of aromatic nitrogens is 1. The summed E-state index contributed by atoms with van der Waals surface area (Å²) in [6, 6.07) is 2.14. The molecule has 0 saturated carbocycles. The van der Waals surface area contributed by atoms with Crippen molar-refractivity contribution in [2.45, 2.75) is 39.5 Å². The number of hydrogen-bond acceptors (Lipinski definition) is 2. The number of ether oxygens (including phenoxy) is 1. The van der Waals surface area contributed by atoms with E-state index in [0.717, 1.165) is 17.9 Å². The maximum atomic E-state index is 5.24. The maximum Gasteiger partial charge on any atom is 0.140 e. The maximum absolute atomic E-state index is 5.24. The first kappa shape index (κ1) is 11.0. The summed E-state index contributed by atoms with van der Waals surface area (Å²) in [6.07, 6.45) is 2.80. The molecule has 78 valence electrons. The highest BCUT2D eigenvalue weighted by Gasteiger charge is 2.16. The first-order valence-electron chi connectivity index (χ1n) is 5.02. The smallest absolute Gasteiger partial charge is 0.140 e. The Morgan fingerprint density at radius 1 is 1.36 bits per heavy atom. The third-order valence-electron chi connectivity index (χ3n) is 2.32. The van der Waals surface area contributed by atoms with Crippen LogP contribution in [0.25, 0.3) is 0 Å². The molecule has 0 unspecified atom stereocenters. The van der Waals surface area contributed by atoms with Crippen LogP contribution in [0.1, 0.15) is 39.0 Å². The van der Waals surface area contributed by atoms with Crippen LogP contribution in [-0.4, -0.2) is 12.1 Å². The van der Waals surface area contributed by atoms with Crippen LogP contribution in [0.5, 0.6) is 5.75 Å². The Balaban J connectivity index is 3.14. The van der Waals surface area contributed by atoms with Gasteiger partial charge in [-0.25, -0.2) is 0 Å². The number of aryl methyl sites for hydroxylation is 1. The fraction of sp³-hybridized carbons (Fsp3) is 0.583. The van der Waals surface area contributed by atoms with Gasteiger partial charge >= 0.3 is 0 Å². The summed E-state index contributed by atoms with van der Waals surface area (Å²) in [7, 11) is 1.69. The van der Waals surface area contributed by atoms with Crippen LogP contribution in [0, 0.1) is 0 Å². The van der Waals surface area contributed by atoms with Crippen molar-refractivity contribution in [3.8, 4) is 5.75 Å². The topological polar surface area (TPSA) is 22.1 Å². The molecular weight excluding hydrogens is 174 g/mol. The lowest BCUT2D eigenvalue weighted by molar-refractivity contribution is 0.406. The molecule has 1 aromatic rings. The minimum Gasteiger partial charge on any atom is -0.495 e. The molecule has 0 aliphatic carbocycles. The Hall–Kier alpha value is -1.05. The van der Waals surface area contributed by atoms with E-state index in [1.54, 1.807) is 7.11 Å². The minimum absolute atomic E-state index is 0.107. The Labute approximate surface area is 86.3 Å². The summed E-state index contributed by atoms with van der Waals surface area (Å²) < 4.78 is 5.24. The zero-order valence-corrected chi connectivity index (χ0v) is 9.72. The highest BCUT2D eigenvalue weighted by molar-refractivity contribution is 5.34. The van der Waals surface area contributed by atoms with E-state index in [1.807, 2.05) is 6.20 Å². The summed E-state index contributed by atoms with van der Waals surface area (Å²) in [5.41, 5.74) is 2.46. The van der Waals surface area contributed by atoms with E-state index < -0.39 is 0 Å². The minimum atomic E-state index is 0.107. The van der Waals surface area contributed by atoms with Crippen LogP contribution in [-0.2, 0) is 11.8 Å². The van der Waals surface area contributed by atoms with Gasteiger partial charge in [-0.3, -0.25) is 4.98 Å². The van der Waals surface area contributed by atoms with Crippen molar-refractivity contribution >= 4 is 0 Å². The fourth-order valence-electron chi connectivity index (χ4n) is 1.35. The number of hydrogen-bond donors (Lipinski definition) is 0. The highest BCUT2D eigenvalue weighted by Crippen LogP contribution is 2.25. The van der Waals surface area contributed by atoms with Gasteiger partial charge in [0, 0.05) is 11.1 Å². The molecule has 1 heterocycles. The molecule has 14 heavy (non-hydrogen) atoms. The SMILES string of the molecule is CCc1cc(C(C)(C)C)ncc1OC. The Morgan fingerprint density at radius 2 is 2.00 bits per heavy atom. The molecule has 1 aromatic heterocycles. The quantitative estimate of drug-likeness (QED) is 0.720. The summed E-state index contributed by atoms with van der Waals surface area (Å²) in [4.78, 5) is 4.40. The fourth-order valence-corrected chi connectivity index (χ4v) is 1.35. The zero-order chi connectivity index (χ0) is 10.8. The third kappa shape index (κ3) is 2.25. The van der Waals surface area contributed by atoms with Gasteiger partial charge in [0.1, 0.15) is 5.75 Å². The molecule has 0 spiro atoms. The number of methoxy groups -OCH3 is 1. The molecule has 0 atom stereocenters. The second kappa shape index (κ2) is 3.99. The Bertz CT molecular complexity index is 313. The van der Waals surface area contributed by atoms with E-state index in [2.05, 4.69) is 38.7 Å². The largest absolute Gasteiger partial charge is 0.495 e. The van der Waals surface area contributed by atoms with E-state index in [4.69, 9.17) is 4.74 Å². The molecule has 0 aliphatic heterocycles. The monoisotopic (exact) mass is 193 g/mol. The molecule has 0 bridgehead atoms. The van der Waals surface area contributed by atoms with Gasteiger partial charge in [0.2, 0.25) is 0 Å². The van der Waals surface area contributed by atoms with Crippen LogP contribution in [0.15, 0.2) is 12.3 Å². The van der Waals surface area contributed by atoms with Crippen molar-refractivity contribution in [3.63, 3.8) is 0 Å². The van der Waals surface area contributed by atoms with E-state index in [0.29, 0.717) is 0 Å². The summed E-state index contributed by atoms with van der Waals surface area (Å²) >= 11 is 0. The molecule has 0 aromatic carbocycles. The van der Waals surface area contributed by atoms with Gasteiger partial charge in [-0.05, 0) is 18.1 Å². The van der Waals surface area contributed by atoms with Crippen molar-refractivity contribution in [1.29, 1.82) is 0 Å². The molecule has 0 saturated heterocycles. The molecule has 1 rings (SSSR count). The first-order chi connectivity index (χ1) is 6.49. The van der Waals surface area contributed by atoms with Crippen LogP contribution >= 0.6 is 0 Å². The van der Waals surface area contributed by atoms with E-state index in [9.17, 15) is 0 Å². The van der Waals surface area contributed by atoms with Gasteiger partial charge < -0.3 is 4.74 Å². The van der Waals surface area contributed by atoms with E-state index >= 15 is 0 Å². The van der Waals surface area contributed by atoms with Crippen molar-refractivity contribution < 1.29 is 4.74 Å². The second-order valence-corrected chi connectivity index (χ2v) is 4.48. The van der Waals surface area contributed by atoms with Crippen molar-refractivity contribution in [1.82, 2.24) is 4.98 Å². The molecule has 0 N–H and O–H groups in total. The molecule has 0 aliphatic rings. The molecule has 2 heteroatoms. The molecule has 2 nitrogen and oxygen atoms in total. The highest BCUT2D eigenvalue weighted by atomic mass is 16.5. The molecule has 0 radical (unpaired) electrons. The van der Waals surface area contributed by atoms with Crippen LogP contribution in [0.2, 0.25) is 0 Å². The average molecular weight is 193 g/mol.